The predicted molar refractivity (Wildman–Crippen MR) is 288 cm³/mol. The lowest BCUT2D eigenvalue weighted by Gasteiger charge is -2.18. The van der Waals surface area contributed by atoms with Gasteiger partial charge in [0.25, 0.3) is 0 Å². The summed E-state index contributed by atoms with van der Waals surface area (Å²) in [6, 6.07) is 0. The second-order valence-corrected chi connectivity index (χ2v) is 19.9. The normalized spacial score (nSPS) is 12.3. The molecule has 0 heterocycles. The van der Waals surface area contributed by atoms with Crippen LogP contribution < -0.4 is 0 Å². The third-order valence-electron chi connectivity index (χ3n) is 13.2. The Morgan fingerprint density at radius 3 is 1.06 bits per heavy atom. The van der Waals surface area contributed by atoms with Crippen molar-refractivity contribution < 1.29 is 23.8 Å². The van der Waals surface area contributed by atoms with Crippen LogP contribution in [-0.2, 0) is 23.8 Å². The average molecular weight is 928 g/mol. The third kappa shape index (κ3) is 54.7. The molecule has 0 saturated heterocycles. The number of carbonyl (C=O) groups excluding carboxylic acids is 2. The number of carbonyl (C=O) groups is 2. The molecule has 0 aliphatic rings. The number of rotatable bonds is 55. The van der Waals surface area contributed by atoms with Gasteiger partial charge in [-0.3, -0.25) is 9.59 Å². The van der Waals surface area contributed by atoms with Crippen LogP contribution in [0, 0.1) is 0 Å². The number of hydrogen-bond acceptors (Lipinski definition) is 5. The molecule has 388 valence electrons. The van der Waals surface area contributed by atoms with Gasteiger partial charge in [-0.15, -0.1) is 0 Å². The highest BCUT2D eigenvalue weighted by atomic mass is 16.6. The molecule has 5 heteroatoms. The molecule has 0 rings (SSSR count). The van der Waals surface area contributed by atoms with Crippen LogP contribution in [0.1, 0.15) is 316 Å². The second kappa shape index (κ2) is 57.4. The van der Waals surface area contributed by atoms with E-state index in [4.69, 9.17) is 14.2 Å². The Kier molecular flexibility index (Phi) is 55.8. The van der Waals surface area contributed by atoms with Gasteiger partial charge in [-0.1, -0.05) is 288 Å². The van der Waals surface area contributed by atoms with Gasteiger partial charge in [0.1, 0.15) is 6.61 Å². The monoisotopic (exact) mass is 927 g/mol. The van der Waals surface area contributed by atoms with E-state index < -0.39 is 6.10 Å². The number of unbranched alkanes of at least 4 members (excludes halogenated alkanes) is 38. The minimum atomic E-state index is -0.551. The number of esters is 2. The van der Waals surface area contributed by atoms with Gasteiger partial charge < -0.3 is 14.2 Å². The minimum absolute atomic E-state index is 0.0661. The average Bonchev–Trinajstić information content (AvgIpc) is 3.32. The molecule has 5 nitrogen and oxygen atoms in total. The van der Waals surface area contributed by atoms with Crippen molar-refractivity contribution in [2.45, 2.75) is 322 Å². The third-order valence-corrected chi connectivity index (χ3v) is 13.2. The maximum atomic E-state index is 12.9. The first kappa shape index (κ1) is 64.1. The lowest BCUT2D eigenvalue weighted by molar-refractivity contribution is -0.163. The van der Waals surface area contributed by atoms with Gasteiger partial charge >= 0.3 is 11.9 Å². The molecule has 0 aromatic heterocycles. The molecular formula is C61H114O5. The molecule has 0 bridgehead atoms. The van der Waals surface area contributed by atoms with Gasteiger partial charge in [-0.25, -0.2) is 0 Å². The molecule has 0 N–H and O–H groups in total. The first-order valence-electron chi connectivity index (χ1n) is 29.5. The minimum Gasteiger partial charge on any atom is -0.462 e. The molecule has 0 aromatic carbocycles. The predicted octanol–water partition coefficient (Wildman–Crippen LogP) is 20.1. The first-order chi connectivity index (χ1) is 32.6. The SMILES string of the molecule is CCCCCCCC/C=C\C/C=C\C/C=C\CCCC(=O)OC[C@@H](COCCCCCCCCCCCCCCCCCC)OC(=O)CCCCCCCCCCCCCCCCCCC. The van der Waals surface area contributed by atoms with Crippen molar-refractivity contribution in [2.75, 3.05) is 19.8 Å². The molecule has 0 aliphatic carbocycles. The number of allylic oxidation sites excluding steroid dienone is 6. The highest BCUT2D eigenvalue weighted by Gasteiger charge is 2.17. The van der Waals surface area contributed by atoms with E-state index in [1.54, 1.807) is 0 Å². The zero-order chi connectivity index (χ0) is 47.7. The van der Waals surface area contributed by atoms with Crippen LogP contribution in [-0.4, -0.2) is 37.9 Å². The molecule has 66 heavy (non-hydrogen) atoms. The molecule has 0 spiro atoms. The Bertz CT molecular complexity index is 1050. The van der Waals surface area contributed by atoms with Crippen LogP contribution in [0.25, 0.3) is 0 Å². The van der Waals surface area contributed by atoms with E-state index in [9.17, 15) is 9.59 Å². The molecule has 0 unspecified atom stereocenters. The van der Waals surface area contributed by atoms with Crippen LogP contribution >= 0.6 is 0 Å². The second-order valence-electron chi connectivity index (χ2n) is 19.9. The van der Waals surface area contributed by atoms with Crippen LogP contribution in [0.2, 0.25) is 0 Å². The van der Waals surface area contributed by atoms with Crippen LogP contribution in [0.15, 0.2) is 36.5 Å². The quantitative estimate of drug-likeness (QED) is 0.0345. The molecule has 0 fully saturated rings. The highest BCUT2D eigenvalue weighted by molar-refractivity contribution is 5.70. The van der Waals surface area contributed by atoms with Gasteiger partial charge in [0, 0.05) is 19.4 Å². The molecule has 1 atom stereocenters. The van der Waals surface area contributed by atoms with Crippen molar-refractivity contribution in [3.05, 3.63) is 36.5 Å². The number of hydrogen-bond donors (Lipinski definition) is 0. The molecule has 0 amide bonds. The Balaban J connectivity index is 4.29. The summed E-state index contributed by atoms with van der Waals surface area (Å²) in [5.41, 5.74) is 0. The van der Waals surface area contributed by atoms with E-state index in [1.165, 1.54) is 231 Å². The summed E-state index contributed by atoms with van der Waals surface area (Å²) in [6.07, 6.45) is 70.3. The van der Waals surface area contributed by atoms with Gasteiger partial charge in [-0.2, -0.15) is 0 Å². The summed E-state index contributed by atoms with van der Waals surface area (Å²) in [5, 5.41) is 0. The van der Waals surface area contributed by atoms with Crippen molar-refractivity contribution in [3.8, 4) is 0 Å². The fraction of sp³-hybridized carbons (Fsp3) is 0.869. The summed E-state index contributed by atoms with van der Waals surface area (Å²) < 4.78 is 17.5. The Hall–Kier alpha value is -1.88. The fourth-order valence-corrected chi connectivity index (χ4v) is 8.76. The summed E-state index contributed by atoms with van der Waals surface area (Å²) >= 11 is 0. The van der Waals surface area contributed by atoms with Crippen molar-refractivity contribution >= 4 is 11.9 Å². The zero-order valence-corrected chi connectivity index (χ0v) is 44.7. The van der Waals surface area contributed by atoms with Gasteiger partial charge in [0.05, 0.1) is 6.61 Å². The molecule has 0 saturated carbocycles. The fourth-order valence-electron chi connectivity index (χ4n) is 8.76. The van der Waals surface area contributed by atoms with Crippen molar-refractivity contribution in [2.24, 2.45) is 0 Å². The van der Waals surface area contributed by atoms with Gasteiger partial charge in [0.15, 0.2) is 6.10 Å². The molecule has 0 aromatic rings. The van der Waals surface area contributed by atoms with Crippen LogP contribution in [0.4, 0.5) is 0 Å². The smallest absolute Gasteiger partial charge is 0.306 e. The Labute approximate surface area is 412 Å². The largest absolute Gasteiger partial charge is 0.462 e. The Morgan fingerprint density at radius 2 is 0.652 bits per heavy atom. The van der Waals surface area contributed by atoms with Crippen LogP contribution in [0.3, 0.4) is 0 Å². The summed E-state index contributed by atoms with van der Waals surface area (Å²) in [6.45, 7) is 7.84. The van der Waals surface area contributed by atoms with Crippen LogP contribution in [0.5, 0.6) is 0 Å². The van der Waals surface area contributed by atoms with E-state index in [0.717, 1.165) is 51.4 Å². The summed E-state index contributed by atoms with van der Waals surface area (Å²) in [5.74, 6) is -0.436. The van der Waals surface area contributed by atoms with E-state index in [0.29, 0.717) is 19.4 Å². The highest BCUT2D eigenvalue weighted by Crippen LogP contribution is 2.17. The Morgan fingerprint density at radius 1 is 0.333 bits per heavy atom. The van der Waals surface area contributed by atoms with E-state index in [2.05, 4.69) is 57.2 Å². The molecule has 0 aliphatic heterocycles. The zero-order valence-electron chi connectivity index (χ0n) is 44.7. The summed E-state index contributed by atoms with van der Waals surface area (Å²) in [7, 11) is 0. The van der Waals surface area contributed by atoms with Crippen molar-refractivity contribution in [1.29, 1.82) is 0 Å². The van der Waals surface area contributed by atoms with E-state index >= 15 is 0 Å². The van der Waals surface area contributed by atoms with Gasteiger partial charge in [-0.05, 0) is 51.4 Å². The van der Waals surface area contributed by atoms with Crippen molar-refractivity contribution in [1.82, 2.24) is 0 Å². The molecular weight excluding hydrogens is 813 g/mol. The topological polar surface area (TPSA) is 61.8 Å². The van der Waals surface area contributed by atoms with E-state index in [-0.39, 0.29) is 25.2 Å². The maximum Gasteiger partial charge on any atom is 0.306 e. The summed E-state index contributed by atoms with van der Waals surface area (Å²) in [4.78, 5) is 25.5. The lowest BCUT2D eigenvalue weighted by Crippen LogP contribution is -2.30. The van der Waals surface area contributed by atoms with E-state index in [1.807, 2.05) is 0 Å². The molecule has 0 radical (unpaired) electrons. The maximum absolute atomic E-state index is 12.9. The van der Waals surface area contributed by atoms with Gasteiger partial charge in [0.2, 0.25) is 0 Å². The van der Waals surface area contributed by atoms with Crippen molar-refractivity contribution in [3.63, 3.8) is 0 Å². The lowest BCUT2D eigenvalue weighted by atomic mass is 10.0. The first-order valence-corrected chi connectivity index (χ1v) is 29.5. The number of ether oxygens (including phenoxy) is 3. The standard InChI is InChI=1S/C61H114O5/c1-4-7-10-13-16-19-22-25-28-31-33-36-39-42-45-48-51-54-60(62)65-58-59(57-64-56-53-50-47-44-41-38-35-30-27-24-21-18-15-12-9-6-3)66-61(63)55-52-49-46-43-40-37-34-32-29-26-23-20-17-14-11-8-5-2/h25,28,33,36,42,45,59H,4-24,26-27,29-32,34-35,37-41,43-44,46-58H2,1-3H3/b28-25-,36-33-,45-42-/t59-/m1/s1.